The van der Waals surface area contributed by atoms with Crippen molar-refractivity contribution in [2.45, 2.75) is 103 Å². The van der Waals surface area contributed by atoms with Gasteiger partial charge in [-0.15, -0.1) is 0 Å². The highest BCUT2D eigenvalue weighted by atomic mass is 32.2. The zero-order valence-electron chi connectivity index (χ0n) is 20.8. The fourth-order valence-electron chi connectivity index (χ4n) is 10.0. The van der Waals surface area contributed by atoms with Crippen LogP contribution in [-0.2, 0) is 4.79 Å². The molecule has 4 saturated carbocycles. The molecular weight excluding hydrogens is 432 g/mol. The zero-order valence-corrected chi connectivity index (χ0v) is 21.7. The maximum atomic E-state index is 12.3. The van der Waals surface area contributed by atoms with Crippen molar-refractivity contribution in [2.24, 2.45) is 52.3 Å². The Labute approximate surface area is 203 Å². The first-order chi connectivity index (χ1) is 15.6. The number of fused-ring (bicyclic) bond motifs is 5. The van der Waals surface area contributed by atoms with Crippen molar-refractivity contribution >= 4 is 22.8 Å². The van der Waals surface area contributed by atoms with E-state index in [1.807, 2.05) is 0 Å². The molecule has 1 aliphatic heterocycles. The normalized spacial score (nSPS) is 52.6. The first kappa shape index (κ1) is 24.1. The SMILES string of the molecule is CC[C@H]1[C@@H](O)C2C3CCC([C@H](C)C[C@@H]4SC(=N)NC4=O)[C@@]3(C)CCC2[C@@]2(C)CC[C@@H](O)C[C@@H]12. The largest absolute Gasteiger partial charge is 0.393 e. The molecule has 5 aliphatic rings. The number of carbonyl (C=O) groups is 1. The van der Waals surface area contributed by atoms with E-state index in [1.165, 1.54) is 37.4 Å². The molecule has 5 rings (SSSR count). The molecule has 4 unspecified atom stereocenters. The summed E-state index contributed by atoms with van der Waals surface area (Å²) in [6.45, 7) is 9.56. The van der Waals surface area contributed by atoms with Crippen LogP contribution in [-0.4, -0.2) is 38.7 Å². The summed E-state index contributed by atoms with van der Waals surface area (Å²) in [7, 11) is 0. The van der Waals surface area contributed by atoms with E-state index in [9.17, 15) is 15.0 Å². The Hall–Kier alpha value is -0.590. The summed E-state index contributed by atoms with van der Waals surface area (Å²) in [6, 6.07) is 0. The van der Waals surface area contributed by atoms with Crippen molar-refractivity contribution in [1.82, 2.24) is 5.32 Å². The number of rotatable bonds is 4. The summed E-state index contributed by atoms with van der Waals surface area (Å²) in [4.78, 5) is 12.3. The second-order valence-electron chi connectivity index (χ2n) is 12.8. The lowest BCUT2D eigenvalue weighted by atomic mass is 9.41. The maximum absolute atomic E-state index is 12.3. The summed E-state index contributed by atoms with van der Waals surface area (Å²) in [6.07, 6.45) is 9.10. The van der Waals surface area contributed by atoms with Crippen molar-refractivity contribution in [2.75, 3.05) is 0 Å². The van der Waals surface area contributed by atoms with E-state index in [-0.39, 0.29) is 34.2 Å². The molecule has 1 amide bonds. The molecule has 0 aromatic carbocycles. The van der Waals surface area contributed by atoms with Gasteiger partial charge in [-0.05, 0) is 104 Å². The number of nitrogens with one attached hydrogen (secondary N) is 2. The molecule has 1 saturated heterocycles. The van der Waals surface area contributed by atoms with Crippen LogP contribution in [0.15, 0.2) is 0 Å². The van der Waals surface area contributed by atoms with Gasteiger partial charge in [-0.3, -0.25) is 10.2 Å². The zero-order chi connectivity index (χ0) is 23.7. The fourth-order valence-corrected chi connectivity index (χ4v) is 11.0. The van der Waals surface area contributed by atoms with Crippen LogP contribution in [0, 0.1) is 57.7 Å². The van der Waals surface area contributed by atoms with Crippen molar-refractivity contribution in [3.8, 4) is 0 Å². The number of amidine groups is 1. The van der Waals surface area contributed by atoms with Gasteiger partial charge >= 0.3 is 0 Å². The monoisotopic (exact) mass is 476 g/mol. The van der Waals surface area contributed by atoms with Crippen LogP contribution in [0.1, 0.15) is 85.5 Å². The van der Waals surface area contributed by atoms with Gasteiger partial charge in [0.05, 0.1) is 17.5 Å². The Morgan fingerprint density at radius 3 is 2.45 bits per heavy atom. The van der Waals surface area contributed by atoms with Crippen LogP contribution >= 0.6 is 11.8 Å². The minimum absolute atomic E-state index is 0.00667. The molecule has 5 fully saturated rings. The Kier molecular flexibility index (Phi) is 6.22. The Morgan fingerprint density at radius 2 is 1.79 bits per heavy atom. The third-order valence-corrected chi connectivity index (χ3v) is 12.6. The number of hydrogen-bond acceptors (Lipinski definition) is 5. The van der Waals surface area contributed by atoms with Gasteiger partial charge in [0, 0.05) is 0 Å². The molecule has 0 spiro atoms. The first-order valence-corrected chi connectivity index (χ1v) is 14.4. The average molecular weight is 477 g/mol. The number of hydrogen-bond donors (Lipinski definition) is 4. The summed E-state index contributed by atoms with van der Waals surface area (Å²) in [5, 5.41) is 32.9. The molecule has 5 nitrogen and oxygen atoms in total. The fraction of sp³-hybridized carbons (Fsp3) is 0.926. The van der Waals surface area contributed by atoms with Gasteiger partial charge in [0.25, 0.3) is 0 Å². The van der Waals surface area contributed by atoms with Crippen molar-refractivity contribution in [3.05, 3.63) is 0 Å². The summed E-state index contributed by atoms with van der Waals surface area (Å²) in [5.41, 5.74) is 0.470. The van der Waals surface area contributed by atoms with Gasteiger partial charge in [0.1, 0.15) is 0 Å². The molecule has 0 bridgehead atoms. The van der Waals surface area contributed by atoms with Gasteiger partial charge in [-0.25, -0.2) is 0 Å². The van der Waals surface area contributed by atoms with Crippen LogP contribution < -0.4 is 5.32 Å². The van der Waals surface area contributed by atoms with Crippen molar-refractivity contribution < 1.29 is 15.0 Å². The molecule has 33 heavy (non-hydrogen) atoms. The third kappa shape index (κ3) is 3.64. The van der Waals surface area contributed by atoms with Crippen LogP contribution in [0.4, 0.5) is 0 Å². The van der Waals surface area contributed by atoms with Gasteiger partial charge in [0.2, 0.25) is 5.91 Å². The van der Waals surface area contributed by atoms with E-state index in [2.05, 4.69) is 33.0 Å². The van der Waals surface area contributed by atoms with Crippen molar-refractivity contribution in [1.29, 1.82) is 5.41 Å². The number of amides is 1. The van der Waals surface area contributed by atoms with Crippen LogP contribution in [0.5, 0.6) is 0 Å². The number of thioether (sulfide) groups is 1. The lowest BCUT2D eigenvalue weighted by Gasteiger charge is -2.64. The molecule has 0 radical (unpaired) electrons. The maximum Gasteiger partial charge on any atom is 0.239 e. The van der Waals surface area contributed by atoms with Gasteiger partial charge < -0.3 is 15.5 Å². The molecule has 0 aromatic heterocycles. The predicted octanol–water partition coefficient (Wildman–Crippen LogP) is 4.81. The van der Waals surface area contributed by atoms with Gasteiger partial charge in [0.15, 0.2) is 5.17 Å². The Balaban J connectivity index is 1.39. The lowest BCUT2D eigenvalue weighted by molar-refractivity contribution is -0.203. The topological polar surface area (TPSA) is 93.4 Å². The van der Waals surface area contributed by atoms with Crippen LogP contribution in [0.25, 0.3) is 0 Å². The molecule has 4 aliphatic carbocycles. The third-order valence-electron chi connectivity index (χ3n) is 11.5. The molecule has 4 N–H and O–H groups in total. The Morgan fingerprint density at radius 1 is 1.09 bits per heavy atom. The van der Waals surface area contributed by atoms with E-state index in [0.717, 1.165) is 32.1 Å². The number of carbonyl (C=O) groups excluding carboxylic acids is 1. The second kappa shape index (κ2) is 8.51. The highest BCUT2D eigenvalue weighted by molar-refractivity contribution is 8.15. The Bertz CT molecular complexity index is 806. The smallest absolute Gasteiger partial charge is 0.239 e. The van der Waals surface area contributed by atoms with E-state index < -0.39 is 0 Å². The number of aliphatic hydroxyl groups excluding tert-OH is 2. The average Bonchev–Trinajstić information content (AvgIpc) is 3.27. The minimum atomic E-state index is -0.251. The second-order valence-corrected chi connectivity index (χ2v) is 14.0. The lowest BCUT2D eigenvalue weighted by Crippen LogP contribution is -2.62. The first-order valence-electron chi connectivity index (χ1n) is 13.5. The molecular formula is C27H44N2O3S. The van der Waals surface area contributed by atoms with Gasteiger partial charge in [-0.2, -0.15) is 0 Å². The van der Waals surface area contributed by atoms with E-state index in [4.69, 9.17) is 5.41 Å². The number of aliphatic hydroxyl groups is 2. The molecule has 186 valence electrons. The summed E-state index contributed by atoms with van der Waals surface area (Å²) < 4.78 is 0. The standard InChI is InChI=1S/C27H44N2O3S/c1-5-16-20-13-15(30)8-10-27(20,4)19-9-11-26(3)17(6-7-18(26)22(19)23(16)31)14(2)12-21-24(32)29-25(28)33-21/h14-23,30-31H,5-13H2,1-4H3,(H2,28,29,32)/t14-,15-,16-,17?,18?,19?,20+,21+,22?,23-,26-,27-/m1/s1. The molecule has 1 heterocycles. The highest BCUT2D eigenvalue weighted by Crippen LogP contribution is 2.69. The van der Waals surface area contributed by atoms with E-state index in [1.54, 1.807) is 0 Å². The molecule has 6 heteroatoms. The predicted molar refractivity (Wildman–Crippen MR) is 133 cm³/mol. The highest BCUT2D eigenvalue weighted by Gasteiger charge is 2.65. The molecule has 0 aromatic rings. The van der Waals surface area contributed by atoms with Crippen molar-refractivity contribution in [3.63, 3.8) is 0 Å². The minimum Gasteiger partial charge on any atom is -0.393 e. The van der Waals surface area contributed by atoms with Gasteiger partial charge in [-0.1, -0.05) is 45.9 Å². The quantitative estimate of drug-likeness (QED) is 0.469. The summed E-state index contributed by atoms with van der Waals surface area (Å²) >= 11 is 1.39. The van der Waals surface area contributed by atoms with E-state index in [0.29, 0.717) is 46.6 Å². The molecule has 12 atom stereocenters. The van der Waals surface area contributed by atoms with Crippen LogP contribution in [0.3, 0.4) is 0 Å². The summed E-state index contributed by atoms with van der Waals surface area (Å²) in [5.74, 6) is 3.27. The van der Waals surface area contributed by atoms with E-state index >= 15 is 0 Å². The van der Waals surface area contributed by atoms with Crippen LogP contribution in [0.2, 0.25) is 0 Å².